The highest BCUT2D eigenvalue weighted by Crippen LogP contribution is 2.29. The van der Waals surface area contributed by atoms with E-state index in [4.69, 9.17) is 9.47 Å². The maximum atomic E-state index is 14.3. The molecule has 0 bridgehead atoms. The van der Waals surface area contributed by atoms with Crippen LogP contribution < -0.4 is 9.46 Å². The number of aliphatic hydroxyl groups excluding tert-OH is 1. The number of anilines is 1. The predicted octanol–water partition coefficient (Wildman–Crippen LogP) is 5.55. The van der Waals surface area contributed by atoms with E-state index in [1.165, 1.54) is 29.8 Å². The fourth-order valence-corrected chi connectivity index (χ4v) is 6.59. The van der Waals surface area contributed by atoms with E-state index < -0.39 is 27.8 Å². The van der Waals surface area contributed by atoms with Crippen molar-refractivity contribution in [2.75, 3.05) is 38.1 Å². The number of sulfonamides is 1. The zero-order valence-corrected chi connectivity index (χ0v) is 27.9. The largest absolute Gasteiger partial charge is 0.490 e. The van der Waals surface area contributed by atoms with E-state index in [9.17, 15) is 22.7 Å². The second-order valence-electron chi connectivity index (χ2n) is 12.3. The average Bonchev–Trinajstić information content (AvgIpc) is 3.03. The van der Waals surface area contributed by atoms with Crippen molar-refractivity contribution in [3.05, 3.63) is 89.7 Å². The Hall–Kier alpha value is -3.51. The molecule has 0 aromatic heterocycles. The molecule has 1 amide bonds. The van der Waals surface area contributed by atoms with Crippen molar-refractivity contribution in [3.63, 3.8) is 0 Å². The summed E-state index contributed by atoms with van der Waals surface area (Å²) in [6.45, 7) is 7.77. The van der Waals surface area contributed by atoms with Gasteiger partial charge in [-0.2, -0.15) is 0 Å². The Bertz CT molecular complexity index is 1520. The highest BCUT2D eigenvalue weighted by atomic mass is 32.2. The third kappa shape index (κ3) is 9.75. The number of likely N-dealkylation sites (N-methyl/N-ethyl adjacent to an activating group) is 1. The number of aliphatic hydroxyl groups is 1. The van der Waals surface area contributed by atoms with Gasteiger partial charge in [0.25, 0.3) is 15.9 Å². The van der Waals surface area contributed by atoms with Crippen LogP contribution in [0.2, 0.25) is 0 Å². The van der Waals surface area contributed by atoms with E-state index in [1.807, 2.05) is 32.0 Å². The number of benzene rings is 3. The first kappa shape index (κ1) is 35.3. The lowest BCUT2D eigenvalue weighted by Gasteiger charge is -2.36. The van der Waals surface area contributed by atoms with Gasteiger partial charge in [-0.25, -0.2) is 12.8 Å². The van der Waals surface area contributed by atoms with Crippen LogP contribution >= 0.6 is 0 Å². The molecule has 0 unspecified atom stereocenters. The summed E-state index contributed by atoms with van der Waals surface area (Å²) in [6, 6.07) is 18.8. The number of hydrogen-bond donors (Lipinski definition) is 2. The molecule has 1 heterocycles. The van der Waals surface area contributed by atoms with Gasteiger partial charge in [0.15, 0.2) is 0 Å². The number of nitrogens with one attached hydrogen (secondary N) is 1. The first-order valence-electron chi connectivity index (χ1n) is 15.8. The summed E-state index contributed by atoms with van der Waals surface area (Å²) in [4.78, 5) is 18.0. The molecule has 0 aliphatic carbocycles. The molecule has 3 aromatic carbocycles. The van der Waals surface area contributed by atoms with Crippen LogP contribution in [-0.4, -0.2) is 80.8 Å². The van der Waals surface area contributed by atoms with Crippen LogP contribution in [0.1, 0.15) is 56.0 Å². The van der Waals surface area contributed by atoms with Crippen molar-refractivity contribution in [3.8, 4) is 5.75 Å². The van der Waals surface area contributed by atoms with Gasteiger partial charge in [0.05, 0.1) is 35.3 Å². The van der Waals surface area contributed by atoms with Crippen LogP contribution in [0.3, 0.4) is 0 Å². The Kier molecular flexibility index (Phi) is 12.6. The highest BCUT2D eigenvalue weighted by molar-refractivity contribution is 7.92. The van der Waals surface area contributed by atoms with Crippen LogP contribution in [0.5, 0.6) is 5.75 Å². The summed E-state index contributed by atoms with van der Waals surface area (Å²) in [6.07, 6.45) is 2.06. The van der Waals surface area contributed by atoms with Crippen molar-refractivity contribution in [1.82, 2.24) is 9.80 Å². The molecular formula is C35H46FN3O6S. The number of amides is 1. The predicted molar refractivity (Wildman–Crippen MR) is 177 cm³/mol. The van der Waals surface area contributed by atoms with Gasteiger partial charge in [-0.05, 0) is 88.2 Å². The highest BCUT2D eigenvalue weighted by Gasteiger charge is 2.30. The van der Waals surface area contributed by atoms with E-state index in [2.05, 4.69) is 28.8 Å². The zero-order valence-electron chi connectivity index (χ0n) is 27.1. The van der Waals surface area contributed by atoms with Crippen molar-refractivity contribution in [2.45, 2.75) is 69.7 Å². The molecule has 1 aliphatic heterocycles. The standard InChI is InChI=1S/C35H46FN3O6S/c1-25-21-39(26(2)24-40)35(41)32-20-30(37-46(42,43)31-16-13-29(36)14-17-31)15-18-33(32)45-27(3)10-8-9-19-44-34(25)23-38(4)22-28-11-6-5-7-12-28/h5-7,11-18,20,25-27,34,37,40H,8-10,19,21-24H2,1-4H3/t25-,26-,27+,34-/m0/s1. The molecule has 4 atom stereocenters. The minimum atomic E-state index is -4.06. The smallest absolute Gasteiger partial charge is 0.261 e. The number of ether oxygens (including phenoxy) is 2. The Labute approximate surface area is 272 Å². The molecule has 250 valence electrons. The summed E-state index contributed by atoms with van der Waals surface area (Å²) in [5.41, 5.74) is 1.53. The van der Waals surface area contributed by atoms with Crippen LogP contribution in [0.25, 0.3) is 0 Å². The van der Waals surface area contributed by atoms with Crippen LogP contribution in [-0.2, 0) is 21.3 Å². The summed E-state index contributed by atoms with van der Waals surface area (Å²) < 4.78 is 54.8. The van der Waals surface area contributed by atoms with E-state index in [-0.39, 0.29) is 40.9 Å². The summed E-state index contributed by atoms with van der Waals surface area (Å²) in [5.74, 6) is -0.711. The number of carbonyl (C=O) groups is 1. The third-order valence-corrected chi connectivity index (χ3v) is 9.61. The molecule has 0 radical (unpaired) electrons. The second-order valence-corrected chi connectivity index (χ2v) is 13.9. The van der Waals surface area contributed by atoms with Crippen molar-refractivity contribution < 1.29 is 32.2 Å². The lowest BCUT2D eigenvalue weighted by molar-refractivity contribution is -0.0177. The third-order valence-electron chi connectivity index (χ3n) is 8.21. The average molecular weight is 656 g/mol. The quantitative estimate of drug-likeness (QED) is 0.311. The van der Waals surface area contributed by atoms with Gasteiger partial charge in [-0.1, -0.05) is 37.3 Å². The Morgan fingerprint density at radius 3 is 2.48 bits per heavy atom. The molecule has 0 fully saturated rings. The van der Waals surface area contributed by atoms with Crippen LogP contribution in [0.15, 0.2) is 77.7 Å². The molecular weight excluding hydrogens is 609 g/mol. The Morgan fingerprint density at radius 2 is 1.78 bits per heavy atom. The normalized spacial score (nSPS) is 20.8. The molecule has 3 aromatic rings. The first-order valence-corrected chi connectivity index (χ1v) is 17.3. The molecule has 9 nitrogen and oxygen atoms in total. The maximum absolute atomic E-state index is 14.3. The van der Waals surface area contributed by atoms with Crippen molar-refractivity contribution in [1.29, 1.82) is 0 Å². The number of nitrogens with zero attached hydrogens (tertiary/aromatic N) is 2. The fourth-order valence-electron chi connectivity index (χ4n) is 5.54. The van der Waals surface area contributed by atoms with Crippen LogP contribution in [0, 0.1) is 11.7 Å². The molecule has 11 heteroatoms. The topological polar surface area (TPSA) is 108 Å². The van der Waals surface area contributed by atoms with E-state index in [0.29, 0.717) is 25.4 Å². The lowest BCUT2D eigenvalue weighted by atomic mass is 10.0. The van der Waals surface area contributed by atoms with Gasteiger partial charge in [-0.3, -0.25) is 14.4 Å². The second kappa shape index (κ2) is 16.4. The number of carbonyl (C=O) groups excluding carboxylic acids is 1. The molecule has 1 aliphatic rings. The molecule has 0 spiro atoms. The summed E-state index contributed by atoms with van der Waals surface area (Å²) >= 11 is 0. The zero-order chi connectivity index (χ0) is 33.3. The molecule has 2 N–H and O–H groups in total. The molecule has 0 saturated heterocycles. The van der Waals surface area contributed by atoms with Gasteiger partial charge in [0.2, 0.25) is 0 Å². The van der Waals surface area contributed by atoms with Gasteiger partial charge in [0, 0.05) is 37.8 Å². The van der Waals surface area contributed by atoms with Gasteiger partial charge >= 0.3 is 0 Å². The van der Waals surface area contributed by atoms with E-state index >= 15 is 0 Å². The molecule has 0 saturated carbocycles. The maximum Gasteiger partial charge on any atom is 0.261 e. The number of halogens is 1. The Morgan fingerprint density at radius 1 is 1.07 bits per heavy atom. The number of rotatable bonds is 9. The van der Waals surface area contributed by atoms with Crippen molar-refractivity contribution in [2.24, 2.45) is 5.92 Å². The number of hydrogen-bond acceptors (Lipinski definition) is 7. The SMILES string of the molecule is C[C@@H]1CCCCO[C@@H](CN(C)Cc2ccccc2)[C@@H](C)CN([C@@H](C)CO)C(=O)c2cc(NS(=O)(=O)c3ccc(F)cc3)ccc2O1. The van der Waals surface area contributed by atoms with Gasteiger partial charge in [0.1, 0.15) is 11.6 Å². The van der Waals surface area contributed by atoms with Gasteiger partial charge in [-0.15, -0.1) is 0 Å². The minimum Gasteiger partial charge on any atom is -0.490 e. The molecule has 46 heavy (non-hydrogen) atoms. The Balaban J connectivity index is 1.64. The van der Waals surface area contributed by atoms with Gasteiger partial charge < -0.3 is 19.5 Å². The summed E-state index contributed by atoms with van der Waals surface area (Å²) in [7, 11) is -2.01. The monoisotopic (exact) mass is 655 g/mol. The summed E-state index contributed by atoms with van der Waals surface area (Å²) in [5, 5.41) is 10.2. The van der Waals surface area contributed by atoms with Crippen LogP contribution in [0.4, 0.5) is 10.1 Å². The fraction of sp³-hybridized carbons (Fsp3) is 0.457. The lowest BCUT2D eigenvalue weighted by Crippen LogP contribution is -2.47. The minimum absolute atomic E-state index is 0.0948. The van der Waals surface area contributed by atoms with E-state index in [1.54, 1.807) is 17.9 Å². The van der Waals surface area contributed by atoms with Crippen molar-refractivity contribution >= 4 is 21.6 Å². The number of fused-ring (bicyclic) bond motifs is 1. The molecule has 4 rings (SSSR count). The first-order chi connectivity index (χ1) is 22.0. The van der Waals surface area contributed by atoms with E-state index in [0.717, 1.165) is 37.9 Å².